The van der Waals surface area contributed by atoms with Crippen LogP contribution in [0.15, 0.2) is 42.5 Å². The van der Waals surface area contributed by atoms with Crippen LogP contribution in [0.4, 0.5) is 17.6 Å². The molecule has 0 radical (unpaired) electrons. The number of aryl methyl sites for hydroxylation is 1. The molecule has 1 fully saturated rings. The molecule has 28 heavy (non-hydrogen) atoms. The zero-order chi connectivity index (χ0) is 20.1. The Hall–Kier alpha value is -2.04. The van der Waals surface area contributed by atoms with Gasteiger partial charge in [-0.3, -0.25) is 0 Å². The van der Waals surface area contributed by atoms with Crippen molar-refractivity contribution >= 4 is 0 Å². The first kappa shape index (κ1) is 20.7. The van der Waals surface area contributed by atoms with Gasteiger partial charge in [0.2, 0.25) is 0 Å². The summed E-state index contributed by atoms with van der Waals surface area (Å²) in [6, 6.07) is 8.41. The van der Waals surface area contributed by atoms with Crippen LogP contribution in [0.25, 0.3) is 0 Å². The van der Waals surface area contributed by atoms with Gasteiger partial charge in [-0.05, 0) is 54.5 Å². The number of hydrogen-bond donors (Lipinski definition) is 0. The highest BCUT2D eigenvalue weighted by Gasteiger charge is 2.34. The van der Waals surface area contributed by atoms with Crippen molar-refractivity contribution in [3.8, 4) is 5.75 Å². The Morgan fingerprint density at radius 1 is 0.893 bits per heavy atom. The highest BCUT2D eigenvalue weighted by atomic mass is 19.3. The van der Waals surface area contributed by atoms with Crippen molar-refractivity contribution in [2.75, 3.05) is 0 Å². The van der Waals surface area contributed by atoms with Gasteiger partial charge in [-0.25, -0.2) is 8.78 Å². The minimum absolute atomic E-state index is 0.315. The van der Waals surface area contributed by atoms with Crippen LogP contribution in [0.2, 0.25) is 0 Å². The zero-order valence-electron chi connectivity index (χ0n) is 16.1. The summed E-state index contributed by atoms with van der Waals surface area (Å²) in [5.41, 5.74) is 0.703. The fourth-order valence-corrected chi connectivity index (χ4v) is 3.91. The van der Waals surface area contributed by atoms with E-state index in [1.165, 1.54) is 44.2 Å². The Morgan fingerprint density at radius 3 is 2.14 bits per heavy atom. The van der Waals surface area contributed by atoms with Crippen LogP contribution < -0.4 is 4.74 Å². The van der Waals surface area contributed by atoms with Crippen molar-refractivity contribution < 1.29 is 22.3 Å². The number of benzene rings is 2. The van der Waals surface area contributed by atoms with Crippen molar-refractivity contribution in [2.45, 2.75) is 58.0 Å². The molecule has 0 N–H and O–H groups in total. The van der Waals surface area contributed by atoms with Crippen LogP contribution >= 0.6 is 0 Å². The van der Waals surface area contributed by atoms with E-state index in [1.807, 2.05) is 0 Å². The molecule has 1 saturated carbocycles. The Kier molecular flexibility index (Phi) is 6.63. The first-order valence-electron chi connectivity index (χ1n) is 9.98. The molecule has 0 bridgehead atoms. The minimum atomic E-state index is -3.62. The summed E-state index contributed by atoms with van der Waals surface area (Å²) in [6.07, 6.45) is 4.71. The summed E-state index contributed by atoms with van der Waals surface area (Å²) < 4.78 is 59.3. The maximum Gasteiger partial charge on any atom is 0.426 e. The molecule has 0 spiro atoms. The lowest BCUT2D eigenvalue weighted by molar-refractivity contribution is -0.185. The van der Waals surface area contributed by atoms with Crippen molar-refractivity contribution in [3.63, 3.8) is 0 Å². The molecule has 0 amide bonds. The highest BCUT2D eigenvalue weighted by molar-refractivity contribution is 5.28. The van der Waals surface area contributed by atoms with Crippen LogP contribution in [-0.4, -0.2) is 0 Å². The molecule has 1 aliphatic carbocycles. The lowest BCUT2D eigenvalue weighted by Crippen LogP contribution is -2.22. The Balaban J connectivity index is 1.56. The molecular weight excluding hydrogens is 368 g/mol. The zero-order valence-corrected chi connectivity index (χ0v) is 16.1. The number of rotatable bonds is 7. The van der Waals surface area contributed by atoms with E-state index in [4.69, 9.17) is 0 Å². The summed E-state index contributed by atoms with van der Waals surface area (Å²) in [5, 5.41) is 0. The van der Waals surface area contributed by atoms with Gasteiger partial charge < -0.3 is 4.74 Å². The Labute approximate surface area is 163 Å². The van der Waals surface area contributed by atoms with Crippen LogP contribution in [0.1, 0.15) is 56.6 Å². The van der Waals surface area contributed by atoms with E-state index in [9.17, 15) is 17.6 Å². The summed E-state index contributed by atoms with van der Waals surface area (Å²) in [7, 11) is 0. The van der Waals surface area contributed by atoms with Gasteiger partial charge in [-0.1, -0.05) is 51.2 Å². The average molecular weight is 394 g/mol. The van der Waals surface area contributed by atoms with Gasteiger partial charge in [-0.2, -0.15) is 8.78 Å². The molecule has 0 saturated heterocycles. The molecule has 0 heterocycles. The Bertz CT molecular complexity index is 765. The van der Waals surface area contributed by atoms with E-state index in [0.717, 1.165) is 42.4 Å². The van der Waals surface area contributed by atoms with Crippen molar-refractivity contribution in [2.24, 2.45) is 11.8 Å². The van der Waals surface area contributed by atoms with E-state index in [2.05, 4.69) is 11.7 Å². The first-order valence-corrected chi connectivity index (χ1v) is 9.98. The third kappa shape index (κ3) is 5.27. The molecule has 0 unspecified atom stereocenters. The number of ether oxygens (including phenoxy) is 1. The summed E-state index contributed by atoms with van der Waals surface area (Å²) in [6.45, 7) is 2.25. The van der Waals surface area contributed by atoms with Gasteiger partial charge in [0.1, 0.15) is 5.75 Å². The third-order valence-electron chi connectivity index (χ3n) is 5.81. The van der Waals surface area contributed by atoms with Crippen LogP contribution in [0, 0.1) is 23.5 Å². The predicted octanol–water partition coefficient (Wildman–Crippen LogP) is 7.24. The maximum absolute atomic E-state index is 14.3. The van der Waals surface area contributed by atoms with E-state index in [-0.39, 0.29) is 5.56 Å². The van der Waals surface area contributed by atoms with Gasteiger partial charge in [-0.15, -0.1) is 0 Å². The van der Waals surface area contributed by atoms with Gasteiger partial charge in [0.05, 0.1) is 5.56 Å². The highest BCUT2D eigenvalue weighted by Crippen LogP contribution is 2.34. The molecule has 2 aromatic rings. The minimum Gasteiger partial charge on any atom is -0.429 e. The van der Waals surface area contributed by atoms with Gasteiger partial charge in [0.25, 0.3) is 0 Å². The fraction of sp³-hybridized carbons (Fsp3) is 0.478. The second kappa shape index (κ2) is 8.97. The quantitative estimate of drug-likeness (QED) is 0.450. The predicted molar refractivity (Wildman–Crippen MR) is 101 cm³/mol. The van der Waals surface area contributed by atoms with Crippen LogP contribution in [-0.2, 0) is 12.5 Å². The molecule has 0 aromatic heterocycles. The lowest BCUT2D eigenvalue weighted by Gasteiger charge is -2.27. The molecule has 5 heteroatoms. The Morgan fingerprint density at radius 2 is 1.54 bits per heavy atom. The summed E-state index contributed by atoms with van der Waals surface area (Å²) in [5.74, 6) is -1.16. The molecular formula is C23H26F4O. The molecule has 152 valence electrons. The third-order valence-corrected chi connectivity index (χ3v) is 5.81. The van der Waals surface area contributed by atoms with E-state index >= 15 is 0 Å². The number of hydrogen-bond acceptors (Lipinski definition) is 1. The van der Waals surface area contributed by atoms with Gasteiger partial charge in [0.15, 0.2) is 11.6 Å². The lowest BCUT2D eigenvalue weighted by atomic mass is 9.78. The van der Waals surface area contributed by atoms with Crippen LogP contribution in [0.5, 0.6) is 5.75 Å². The second-order valence-corrected chi connectivity index (χ2v) is 7.73. The van der Waals surface area contributed by atoms with Crippen molar-refractivity contribution in [1.82, 2.24) is 0 Å². The van der Waals surface area contributed by atoms with E-state index < -0.39 is 23.5 Å². The molecule has 0 atom stereocenters. The summed E-state index contributed by atoms with van der Waals surface area (Å²) in [4.78, 5) is 0. The maximum atomic E-state index is 14.3. The molecule has 1 nitrogen and oxygen atoms in total. The number of alkyl halides is 2. The van der Waals surface area contributed by atoms with Crippen molar-refractivity contribution in [3.05, 3.63) is 65.2 Å². The van der Waals surface area contributed by atoms with Crippen LogP contribution in [0.3, 0.4) is 0 Å². The standard InChI is InChI=1S/C23H26F4O/c1-2-16-3-5-17(6-4-16)7-8-18-9-11-19(12-10-18)23(26,27)28-20-13-14-21(24)22(25)15-20/h9-17H,2-8H2,1H3/t16-,17-. The molecule has 1 aliphatic rings. The van der Waals surface area contributed by atoms with Gasteiger partial charge >= 0.3 is 6.11 Å². The topological polar surface area (TPSA) is 9.23 Å². The van der Waals surface area contributed by atoms with Crippen molar-refractivity contribution in [1.29, 1.82) is 0 Å². The SMILES string of the molecule is CC[C@H]1CC[C@H](CCc2ccc(C(F)(F)Oc3ccc(F)c(F)c3)cc2)CC1. The fourth-order valence-electron chi connectivity index (χ4n) is 3.91. The molecule has 2 aromatic carbocycles. The van der Waals surface area contributed by atoms with E-state index in [1.54, 1.807) is 12.1 Å². The smallest absolute Gasteiger partial charge is 0.426 e. The average Bonchev–Trinajstić information content (AvgIpc) is 2.70. The van der Waals surface area contributed by atoms with Gasteiger partial charge in [0, 0.05) is 6.07 Å². The second-order valence-electron chi connectivity index (χ2n) is 7.73. The monoisotopic (exact) mass is 394 g/mol. The summed E-state index contributed by atoms with van der Waals surface area (Å²) >= 11 is 0. The normalized spacial score (nSPS) is 20.2. The molecule has 0 aliphatic heterocycles. The number of halogens is 4. The molecule has 3 rings (SSSR count). The van der Waals surface area contributed by atoms with E-state index in [0.29, 0.717) is 6.07 Å². The first-order chi connectivity index (χ1) is 13.4. The largest absolute Gasteiger partial charge is 0.429 e.